The van der Waals surface area contributed by atoms with Gasteiger partial charge in [-0.25, -0.2) is 4.98 Å². The van der Waals surface area contributed by atoms with Crippen molar-refractivity contribution in [1.82, 2.24) is 9.97 Å². The molecule has 3 aromatic carbocycles. The summed E-state index contributed by atoms with van der Waals surface area (Å²) in [4.78, 5) is 8.48. The van der Waals surface area contributed by atoms with E-state index >= 15 is 0 Å². The second-order valence-corrected chi connectivity index (χ2v) is 7.04. The first kappa shape index (κ1) is 16.6. The van der Waals surface area contributed by atoms with E-state index in [4.69, 9.17) is 4.98 Å². The van der Waals surface area contributed by atoms with Crippen LogP contribution in [0.3, 0.4) is 0 Å². The average Bonchev–Trinajstić information content (AvgIpc) is 3.19. The van der Waals surface area contributed by atoms with Gasteiger partial charge in [0.25, 0.3) is 0 Å². The minimum Gasteiger partial charge on any atom is -0.508 e. The third kappa shape index (κ3) is 2.91. The lowest BCUT2D eigenvalue weighted by molar-refractivity contribution is 0.475. The number of rotatable bonds is 3. The van der Waals surface area contributed by atoms with Crippen LogP contribution in [0, 0.1) is 0 Å². The largest absolute Gasteiger partial charge is 0.508 e. The number of nitrogens with one attached hydrogen (secondary N) is 1. The van der Waals surface area contributed by atoms with Gasteiger partial charge in [0, 0.05) is 16.7 Å². The Morgan fingerprint density at radius 1 is 0.857 bits per heavy atom. The van der Waals surface area contributed by atoms with Crippen LogP contribution in [-0.2, 0) is 6.42 Å². The molecule has 4 aromatic rings. The number of benzene rings is 3. The average molecular weight is 364 g/mol. The molecule has 1 aliphatic carbocycles. The molecule has 1 aromatic heterocycles. The molecule has 28 heavy (non-hydrogen) atoms. The molecular weight excluding hydrogens is 344 g/mol. The van der Waals surface area contributed by atoms with E-state index in [1.807, 2.05) is 30.3 Å². The monoisotopic (exact) mass is 364 g/mol. The van der Waals surface area contributed by atoms with Crippen molar-refractivity contribution in [3.63, 3.8) is 0 Å². The predicted molar refractivity (Wildman–Crippen MR) is 114 cm³/mol. The van der Waals surface area contributed by atoms with Gasteiger partial charge in [-0.15, -0.1) is 0 Å². The highest BCUT2D eigenvalue weighted by Crippen LogP contribution is 2.37. The van der Waals surface area contributed by atoms with Crippen LogP contribution in [0.25, 0.3) is 40.0 Å². The number of hydrogen-bond donors (Lipinski definition) is 2. The fourth-order valence-electron chi connectivity index (χ4n) is 3.88. The third-order valence-corrected chi connectivity index (χ3v) is 5.21. The molecule has 0 fully saturated rings. The molecule has 3 nitrogen and oxygen atoms in total. The number of aromatic hydroxyl groups is 1. The molecule has 0 saturated carbocycles. The Labute approximate surface area is 164 Å². The van der Waals surface area contributed by atoms with Gasteiger partial charge in [0.1, 0.15) is 11.6 Å². The van der Waals surface area contributed by atoms with E-state index in [0.717, 1.165) is 41.2 Å². The van der Waals surface area contributed by atoms with Gasteiger partial charge < -0.3 is 10.1 Å². The number of aromatic amines is 1. The molecule has 0 unspecified atom stereocenters. The highest BCUT2D eigenvalue weighted by Gasteiger charge is 2.19. The molecule has 0 radical (unpaired) electrons. The van der Waals surface area contributed by atoms with Crippen LogP contribution in [0.15, 0.2) is 78.9 Å². The van der Waals surface area contributed by atoms with E-state index in [0.29, 0.717) is 0 Å². The van der Waals surface area contributed by atoms with Crippen molar-refractivity contribution in [3.8, 4) is 39.7 Å². The number of phenols is 1. The van der Waals surface area contributed by atoms with Crippen LogP contribution in [0.1, 0.15) is 17.5 Å². The molecule has 0 aliphatic heterocycles. The van der Waals surface area contributed by atoms with Gasteiger partial charge in [0.05, 0.1) is 11.4 Å². The molecular formula is C25H20N2O. The number of nitrogens with zero attached hydrogens (tertiary/aromatic N) is 1. The molecule has 0 bridgehead atoms. The fourth-order valence-corrected chi connectivity index (χ4v) is 3.88. The molecule has 0 amide bonds. The van der Waals surface area contributed by atoms with Crippen molar-refractivity contribution in [1.29, 1.82) is 0 Å². The molecule has 5 rings (SSSR count). The Balaban J connectivity index is 1.74. The van der Waals surface area contributed by atoms with Crippen LogP contribution in [0.5, 0.6) is 5.75 Å². The molecule has 0 saturated heterocycles. The number of allylic oxidation sites excluding steroid dienone is 1. The number of H-pyrrole nitrogens is 1. The van der Waals surface area contributed by atoms with Gasteiger partial charge >= 0.3 is 0 Å². The zero-order chi connectivity index (χ0) is 18.9. The summed E-state index contributed by atoms with van der Waals surface area (Å²) in [7, 11) is 0. The SMILES string of the molecule is Oc1cccc(-c2nc(-c3ccccc3)c(-c3cccc4c3CCC=C4)[nH]2)c1. The van der Waals surface area contributed by atoms with Gasteiger partial charge in [0.15, 0.2) is 0 Å². The summed E-state index contributed by atoms with van der Waals surface area (Å²) in [6.07, 6.45) is 6.52. The van der Waals surface area contributed by atoms with Crippen LogP contribution in [0.2, 0.25) is 0 Å². The maximum atomic E-state index is 9.89. The number of phenolic OH excluding ortho intramolecular Hbond substituents is 1. The predicted octanol–water partition coefficient (Wildman–Crippen LogP) is 6.08. The molecule has 1 aliphatic rings. The van der Waals surface area contributed by atoms with Crippen molar-refractivity contribution in [2.45, 2.75) is 12.8 Å². The Bertz CT molecular complexity index is 1170. The smallest absolute Gasteiger partial charge is 0.138 e. The molecule has 2 N–H and O–H groups in total. The highest BCUT2D eigenvalue weighted by atomic mass is 16.3. The van der Waals surface area contributed by atoms with Crippen LogP contribution < -0.4 is 0 Å². The number of imidazole rings is 1. The van der Waals surface area contributed by atoms with Crippen LogP contribution in [0.4, 0.5) is 0 Å². The second kappa shape index (κ2) is 6.86. The van der Waals surface area contributed by atoms with Gasteiger partial charge in [0.2, 0.25) is 0 Å². The van der Waals surface area contributed by atoms with E-state index in [-0.39, 0.29) is 5.75 Å². The number of aromatic nitrogens is 2. The Kier molecular flexibility index (Phi) is 4.06. The maximum Gasteiger partial charge on any atom is 0.138 e. The standard InChI is InChI=1S/C25H20N2O/c28-20-13-6-12-19(16-20)25-26-23(18-9-2-1-3-10-18)24(27-25)22-15-7-11-17-8-4-5-14-21(17)22/h1-4,6-13,15-16,28H,5,14H2,(H,26,27). The topological polar surface area (TPSA) is 48.9 Å². The first-order valence-electron chi connectivity index (χ1n) is 9.53. The van der Waals surface area contributed by atoms with Crippen molar-refractivity contribution in [2.24, 2.45) is 0 Å². The van der Waals surface area contributed by atoms with Crippen LogP contribution in [-0.4, -0.2) is 15.1 Å². The zero-order valence-corrected chi connectivity index (χ0v) is 15.4. The summed E-state index contributed by atoms with van der Waals surface area (Å²) >= 11 is 0. The normalized spacial score (nSPS) is 12.7. The van der Waals surface area contributed by atoms with Gasteiger partial charge in [-0.05, 0) is 36.1 Å². The lowest BCUT2D eigenvalue weighted by Gasteiger charge is -2.15. The first-order valence-corrected chi connectivity index (χ1v) is 9.53. The van der Waals surface area contributed by atoms with Crippen molar-refractivity contribution < 1.29 is 5.11 Å². The van der Waals surface area contributed by atoms with Gasteiger partial charge in [-0.3, -0.25) is 0 Å². The first-order chi connectivity index (χ1) is 13.8. The summed E-state index contributed by atoms with van der Waals surface area (Å²) < 4.78 is 0. The van der Waals surface area contributed by atoms with E-state index in [9.17, 15) is 5.11 Å². The van der Waals surface area contributed by atoms with Crippen LogP contribution >= 0.6 is 0 Å². The minimum absolute atomic E-state index is 0.235. The minimum atomic E-state index is 0.235. The lowest BCUT2D eigenvalue weighted by atomic mass is 9.90. The van der Waals surface area contributed by atoms with Crippen molar-refractivity contribution >= 4 is 6.08 Å². The van der Waals surface area contributed by atoms with Gasteiger partial charge in [-0.1, -0.05) is 72.8 Å². The van der Waals surface area contributed by atoms with E-state index < -0.39 is 0 Å². The Morgan fingerprint density at radius 3 is 2.54 bits per heavy atom. The lowest BCUT2D eigenvalue weighted by Crippen LogP contribution is -1.98. The molecule has 3 heteroatoms. The maximum absolute atomic E-state index is 9.89. The summed E-state index contributed by atoms with van der Waals surface area (Å²) in [5.74, 6) is 0.993. The van der Waals surface area contributed by atoms with E-state index in [1.165, 1.54) is 16.7 Å². The third-order valence-electron chi connectivity index (χ3n) is 5.21. The zero-order valence-electron chi connectivity index (χ0n) is 15.4. The van der Waals surface area contributed by atoms with Gasteiger partial charge in [-0.2, -0.15) is 0 Å². The molecule has 0 spiro atoms. The second-order valence-electron chi connectivity index (χ2n) is 7.04. The quantitative estimate of drug-likeness (QED) is 0.463. The Morgan fingerprint density at radius 2 is 1.68 bits per heavy atom. The summed E-state index contributed by atoms with van der Waals surface area (Å²) in [6, 6.07) is 23.9. The summed E-state index contributed by atoms with van der Waals surface area (Å²) in [6.45, 7) is 0. The van der Waals surface area contributed by atoms with E-state index in [1.54, 1.807) is 12.1 Å². The van der Waals surface area contributed by atoms with Crippen molar-refractivity contribution in [3.05, 3.63) is 90.0 Å². The Hall–Kier alpha value is -3.59. The summed E-state index contributed by atoms with van der Waals surface area (Å²) in [5, 5.41) is 9.89. The number of hydrogen-bond acceptors (Lipinski definition) is 2. The fraction of sp³-hybridized carbons (Fsp3) is 0.0800. The van der Waals surface area contributed by atoms with E-state index in [2.05, 4.69) is 47.5 Å². The highest BCUT2D eigenvalue weighted by molar-refractivity contribution is 5.84. The summed E-state index contributed by atoms with van der Waals surface area (Å²) in [5.41, 5.74) is 7.72. The molecule has 0 atom stereocenters. The molecule has 1 heterocycles. The van der Waals surface area contributed by atoms with Crippen molar-refractivity contribution in [2.75, 3.05) is 0 Å². The number of fused-ring (bicyclic) bond motifs is 1. The molecule has 136 valence electrons.